The molecule has 0 aliphatic heterocycles. The third kappa shape index (κ3) is 9.92. The van der Waals surface area contributed by atoms with Crippen LogP contribution in [0.3, 0.4) is 0 Å². The number of unbranched alkanes of at least 4 members (excludes halogenated alkanes) is 2. The fourth-order valence-electron chi connectivity index (χ4n) is 2.37. The molecule has 25 heavy (non-hydrogen) atoms. The Balaban J connectivity index is 2.38. The number of hydrogen-bond donors (Lipinski definition) is 1. The number of ether oxygens (including phenoxy) is 1. The smallest absolute Gasteiger partial charge is 0.305 e. The van der Waals surface area contributed by atoms with Crippen molar-refractivity contribution < 1.29 is 19.1 Å². The van der Waals surface area contributed by atoms with Crippen molar-refractivity contribution >= 4 is 28.8 Å². The van der Waals surface area contributed by atoms with Crippen LogP contribution in [0.2, 0.25) is 0 Å². The summed E-state index contributed by atoms with van der Waals surface area (Å²) in [7, 11) is 1.38. The fourth-order valence-corrected chi connectivity index (χ4v) is 3.08. The lowest BCUT2D eigenvalue weighted by atomic mass is 10.00. The van der Waals surface area contributed by atoms with Gasteiger partial charge < -0.3 is 10.1 Å². The van der Waals surface area contributed by atoms with Gasteiger partial charge in [-0.3, -0.25) is 14.4 Å². The molecule has 1 aromatic carbocycles. The fraction of sp³-hybridized carbons (Fsp3) is 0.526. The molecular formula is C19H27NO4S. The summed E-state index contributed by atoms with van der Waals surface area (Å²) >= 11 is 1.19. The van der Waals surface area contributed by atoms with Gasteiger partial charge in [0.05, 0.1) is 13.0 Å². The molecule has 1 unspecified atom stereocenters. The Kier molecular flexibility index (Phi) is 10.6. The van der Waals surface area contributed by atoms with Gasteiger partial charge >= 0.3 is 5.97 Å². The Morgan fingerprint density at radius 1 is 1.12 bits per heavy atom. The first-order chi connectivity index (χ1) is 12.0. The lowest BCUT2D eigenvalue weighted by molar-refractivity contribution is -0.140. The van der Waals surface area contributed by atoms with Crippen LogP contribution in [0.5, 0.6) is 0 Å². The number of amides is 1. The minimum atomic E-state index is -0.230. The summed E-state index contributed by atoms with van der Waals surface area (Å²) in [4.78, 5) is 34.7. The molecule has 1 amide bonds. The number of rotatable bonds is 11. The van der Waals surface area contributed by atoms with Gasteiger partial charge in [0.25, 0.3) is 0 Å². The number of thioether (sulfide) groups is 1. The number of nitrogens with one attached hydrogen (secondary N) is 1. The number of carbonyl (C=O) groups excluding carboxylic acids is 3. The van der Waals surface area contributed by atoms with Crippen LogP contribution in [0.4, 0.5) is 0 Å². The molecule has 0 saturated heterocycles. The van der Waals surface area contributed by atoms with Crippen LogP contribution >= 0.6 is 11.8 Å². The average Bonchev–Trinajstić information content (AvgIpc) is 2.61. The van der Waals surface area contributed by atoms with Crippen molar-refractivity contribution in [2.45, 2.75) is 39.0 Å². The van der Waals surface area contributed by atoms with E-state index in [1.807, 2.05) is 30.3 Å². The first kappa shape index (κ1) is 21.2. The molecule has 0 aliphatic rings. The van der Waals surface area contributed by atoms with Gasteiger partial charge in [-0.05, 0) is 24.8 Å². The zero-order chi connectivity index (χ0) is 18.5. The second-order valence-electron chi connectivity index (χ2n) is 5.87. The zero-order valence-corrected chi connectivity index (χ0v) is 15.8. The van der Waals surface area contributed by atoms with E-state index in [0.717, 1.165) is 24.8 Å². The van der Waals surface area contributed by atoms with E-state index in [9.17, 15) is 14.4 Å². The van der Waals surface area contributed by atoms with E-state index in [0.29, 0.717) is 25.1 Å². The van der Waals surface area contributed by atoms with Crippen molar-refractivity contribution in [3.05, 3.63) is 35.9 Å². The molecule has 0 bridgehead atoms. The predicted molar refractivity (Wildman–Crippen MR) is 100 cm³/mol. The van der Waals surface area contributed by atoms with E-state index >= 15 is 0 Å². The van der Waals surface area contributed by atoms with Gasteiger partial charge in [-0.2, -0.15) is 0 Å². The summed E-state index contributed by atoms with van der Waals surface area (Å²) in [5, 5.41) is 2.97. The van der Waals surface area contributed by atoms with Crippen LogP contribution in [0.15, 0.2) is 30.3 Å². The molecule has 0 spiro atoms. The highest BCUT2D eigenvalue weighted by Gasteiger charge is 2.19. The van der Waals surface area contributed by atoms with Crippen LogP contribution in [0.25, 0.3) is 0 Å². The van der Waals surface area contributed by atoms with Gasteiger partial charge in [-0.15, -0.1) is 0 Å². The highest BCUT2D eigenvalue weighted by atomic mass is 32.2. The van der Waals surface area contributed by atoms with E-state index in [-0.39, 0.29) is 22.9 Å². The summed E-state index contributed by atoms with van der Waals surface area (Å²) < 4.78 is 4.59. The monoisotopic (exact) mass is 365 g/mol. The molecule has 0 aliphatic carbocycles. The maximum absolute atomic E-state index is 12.4. The Labute approximate surface area is 153 Å². The molecule has 1 rings (SSSR count). The Hall–Kier alpha value is -1.82. The summed E-state index contributed by atoms with van der Waals surface area (Å²) in [6.07, 6.45) is 3.48. The van der Waals surface area contributed by atoms with Crippen LogP contribution in [-0.2, 0) is 25.5 Å². The second kappa shape index (κ2) is 12.5. The van der Waals surface area contributed by atoms with Gasteiger partial charge in [0, 0.05) is 25.6 Å². The number of methoxy groups -OCH3 is 1. The summed E-state index contributed by atoms with van der Waals surface area (Å²) in [6, 6.07) is 9.82. The molecule has 5 nitrogen and oxygen atoms in total. The van der Waals surface area contributed by atoms with E-state index in [1.54, 1.807) is 0 Å². The van der Waals surface area contributed by atoms with Crippen molar-refractivity contribution in [1.29, 1.82) is 0 Å². The number of hydrogen-bond acceptors (Lipinski definition) is 5. The standard InChI is InChI=1S/C19H27NO4S/c1-15(21)25-14-17(13-16-9-5-3-6-10-16)19(23)20-12-8-4-7-11-18(22)24-2/h3,5-6,9-10,17H,4,7-8,11-14H2,1-2H3,(H,20,23). The lowest BCUT2D eigenvalue weighted by Gasteiger charge is -2.16. The molecule has 1 aromatic rings. The van der Waals surface area contributed by atoms with E-state index in [4.69, 9.17) is 0 Å². The number of benzene rings is 1. The summed E-state index contributed by atoms with van der Waals surface area (Å²) in [5.41, 5.74) is 1.09. The Morgan fingerprint density at radius 2 is 1.84 bits per heavy atom. The van der Waals surface area contributed by atoms with E-state index < -0.39 is 0 Å². The van der Waals surface area contributed by atoms with Gasteiger partial charge in [0.1, 0.15) is 0 Å². The molecular weight excluding hydrogens is 338 g/mol. The van der Waals surface area contributed by atoms with Crippen molar-refractivity contribution in [2.75, 3.05) is 19.4 Å². The molecule has 0 fully saturated rings. The highest BCUT2D eigenvalue weighted by molar-refractivity contribution is 8.13. The number of carbonyl (C=O) groups is 3. The Bertz CT molecular complexity index is 548. The molecule has 1 atom stereocenters. The molecule has 6 heteroatoms. The van der Waals surface area contributed by atoms with E-state index in [2.05, 4.69) is 10.1 Å². The molecule has 138 valence electrons. The molecule has 0 heterocycles. The SMILES string of the molecule is COC(=O)CCCCCNC(=O)C(CSC(C)=O)Cc1ccccc1. The highest BCUT2D eigenvalue weighted by Crippen LogP contribution is 2.16. The average molecular weight is 365 g/mol. The van der Waals surface area contributed by atoms with E-state index in [1.165, 1.54) is 25.8 Å². The van der Waals surface area contributed by atoms with Crippen molar-refractivity contribution in [2.24, 2.45) is 5.92 Å². The van der Waals surface area contributed by atoms with Gasteiger partial charge in [0.15, 0.2) is 5.12 Å². The largest absolute Gasteiger partial charge is 0.469 e. The normalized spacial score (nSPS) is 11.6. The minimum absolute atomic E-state index is 0.0219. The summed E-state index contributed by atoms with van der Waals surface area (Å²) in [5.74, 6) is 0.0310. The first-order valence-electron chi connectivity index (χ1n) is 8.54. The molecule has 0 aromatic heterocycles. The quantitative estimate of drug-likeness (QED) is 0.482. The maximum Gasteiger partial charge on any atom is 0.305 e. The van der Waals surface area contributed by atoms with Crippen molar-refractivity contribution in [3.63, 3.8) is 0 Å². The predicted octanol–water partition coefficient (Wildman–Crippen LogP) is 2.97. The zero-order valence-electron chi connectivity index (χ0n) is 15.0. The van der Waals surface area contributed by atoms with Crippen LogP contribution in [0.1, 0.15) is 38.2 Å². The van der Waals surface area contributed by atoms with Gasteiger partial charge in [0.2, 0.25) is 5.91 Å². The van der Waals surface area contributed by atoms with Gasteiger partial charge in [-0.25, -0.2) is 0 Å². The van der Waals surface area contributed by atoms with Crippen LogP contribution < -0.4 is 5.32 Å². The maximum atomic E-state index is 12.4. The molecule has 1 N–H and O–H groups in total. The van der Waals surface area contributed by atoms with Gasteiger partial charge in [-0.1, -0.05) is 48.5 Å². The third-order valence-electron chi connectivity index (χ3n) is 3.77. The van der Waals surface area contributed by atoms with Crippen LogP contribution in [-0.4, -0.2) is 36.4 Å². The number of esters is 1. The molecule has 0 radical (unpaired) electrons. The van der Waals surface area contributed by atoms with Crippen molar-refractivity contribution in [3.8, 4) is 0 Å². The Morgan fingerprint density at radius 3 is 2.48 bits per heavy atom. The third-order valence-corrected chi connectivity index (χ3v) is 4.74. The second-order valence-corrected chi connectivity index (χ2v) is 7.06. The lowest BCUT2D eigenvalue weighted by Crippen LogP contribution is -2.34. The first-order valence-corrected chi connectivity index (χ1v) is 9.53. The van der Waals surface area contributed by atoms with Crippen molar-refractivity contribution in [1.82, 2.24) is 5.32 Å². The minimum Gasteiger partial charge on any atom is -0.469 e. The topological polar surface area (TPSA) is 72.5 Å². The molecule has 0 saturated carbocycles. The van der Waals surface area contributed by atoms with Crippen LogP contribution in [0, 0.1) is 5.92 Å². The summed E-state index contributed by atoms with van der Waals surface area (Å²) in [6.45, 7) is 2.10.